The third-order valence-electron chi connectivity index (χ3n) is 2.67. The summed E-state index contributed by atoms with van der Waals surface area (Å²) in [7, 11) is 0. The van der Waals surface area contributed by atoms with E-state index in [1.165, 1.54) is 0 Å². The minimum Gasteiger partial charge on any atom is -0.464 e. The first kappa shape index (κ1) is 18.6. The zero-order valence-electron chi connectivity index (χ0n) is 12.5. The molecule has 2 atom stereocenters. The Hall–Kier alpha value is -1.40. The number of aliphatic hydroxyl groups is 1. The quantitative estimate of drug-likeness (QED) is 0.348. The van der Waals surface area contributed by atoms with Crippen LogP contribution < -0.4 is 5.32 Å². The van der Waals surface area contributed by atoms with Crippen LogP contribution >= 0.6 is 0 Å². The second-order valence-corrected chi connectivity index (χ2v) is 4.71. The zero-order chi connectivity index (χ0) is 15.5. The van der Waals surface area contributed by atoms with E-state index in [-0.39, 0.29) is 31.6 Å². The Morgan fingerprint density at radius 2 is 2.00 bits per heavy atom. The molecule has 0 spiro atoms. The Morgan fingerprint density at radius 1 is 1.35 bits per heavy atom. The van der Waals surface area contributed by atoms with Gasteiger partial charge in [-0.25, -0.2) is 4.79 Å². The monoisotopic (exact) mass is 287 g/mol. The summed E-state index contributed by atoms with van der Waals surface area (Å²) in [6, 6.07) is 0. The molecule has 0 aliphatic heterocycles. The summed E-state index contributed by atoms with van der Waals surface area (Å²) in [5.41, 5.74) is 0.294. The minimum absolute atomic E-state index is 0.0919. The smallest absolute Gasteiger partial charge is 0.333 e. The fourth-order valence-electron chi connectivity index (χ4n) is 1.16. The molecule has 0 heterocycles. The van der Waals surface area contributed by atoms with Crippen molar-refractivity contribution in [2.24, 2.45) is 5.92 Å². The second-order valence-electron chi connectivity index (χ2n) is 4.71. The van der Waals surface area contributed by atoms with E-state index in [0.717, 1.165) is 6.42 Å². The molecule has 0 amide bonds. The van der Waals surface area contributed by atoms with Gasteiger partial charge in [0.15, 0.2) is 0 Å². The second kappa shape index (κ2) is 10.4. The van der Waals surface area contributed by atoms with Gasteiger partial charge in [0.05, 0.1) is 5.92 Å². The van der Waals surface area contributed by atoms with E-state index in [2.05, 4.69) is 11.9 Å². The van der Waals surface area contributed by atoms with E-state index in [0.29, 0.717) is 12.1 Å². The van der Waals surface area contributed by atoms with Gasteiger partial charge in [-0.1, -0.05) is 20.4 Å². The van der Waals surface area contributed by atoms with Crippen LogP contribution in [0.3, 0.4) is 0 Å². The van der Waals surface area contributed by atoms with Crippen molar-refractivity contribution in [1.29, 1.82) is 0 Å². The molecule has 0 fully saturated rings. The van der Waals surface area contributed by atoms with Gasteiger partial charge in [-0.3, -0.25) is 4.79 Å². The molecule has 0 saturated carbocycles. The highest BCUT2D eigenvalue weighted by atomic mass is 16.5. The largest absolute Gasteiger partial charge is 0.464 e. The van der Waals surface area contributed by atoms with Crippen molar-refractivity contribution >= 4 is 11.9 Å². The molecule has 0 aromatic heterocycles. The molecule has 0 aliphatic carbocycles. The maximum absolute atomic E-state index is 11.3. The van der Waals surface area contributed by atoms with Gasteiger partial charge >= 0.3 is 11.9 Å². The lowest BCUT2D eigenvalue weighted by Crippen LogP contribution is -2.33. The number of carbonyl (C=O) groups excluding carboxylic acids is 2. The van der Waals surface area contributed by atoms with Crippen LogP contribution in [0.15, 0.2) is 12.2 Å². The molecule has 2 N–H and O–H groups in total. The summed E-state index contributed by atoms with van der Waals surface area (Å²) < 4.78 is 9.82. The van der Waals surface area contributed by atoms with Crippen LogP contribution in [-0.2, 0) is 19.1 Å². The summed E-state index contributed by atoms with van der Waals surface area (Å²) in [5, 5.41) is 12.4. The molecule has 116 valence electrons. The summed E-state index contributed by atoms with van der Waals surface area (Å²) in [4.78, 5) is 22.4. The predicted molar refractivity (Wildman–Crippen MR) is 75.1 cm³/mol. The van der Waals surface area contributed by atoms with Crippen molar-refractivity contribution in [2.45, 2.75) is 33.3 Å². The fourth-order valence-corrected chi connectivity index (χ4v) is 1.16. The maximum atomic E-state index is 11.3. The van der Waals surface area contributed by atoms with Gasteiger partial charge in [0, 0.05) is 18.7 Å². The third-order valence-corrected chi connectivity index (χ3v) is 2.67. The topological polar surface area (TPSA) is 84.9 Å². The Balaban J connectivity index is 3.58. The van der Waals surface area contributed by atoms with Crippen molar-refractivity contribution < 1.29 is 24.2 Å². The van der Waals surface area contributed by atoms with Crippen LogP contribution in [0.1, 0.15) is 27.2 Å². The van der Waals surface area contributed by atoms with Crippen LogP contribution in [0, 0.1) is 5.92 Å². The lowest BCUT2D eigenvalue weighted by atomic mass is 10.1. The van der Waals surface area contributed by atoms with Gasteiger partial charge in [-0.05, 0) is 13.3 Å². The van der Waals surface area contributed by atoms with Crippen molar-refractivity contribution in [1.82, 2.24) is 5.32 Å². The van der Waals surface area contributed by atoms with E-state index in [1.807, 2.05) is 13.8 Å². The van der Waals surface area contributed by atoms with Crippen LogP contribution in [0.4, 0.5) is 0 Å². The molecular formula is C14H25NO5. The van der Waals surface area contributed by atoms with E-state index in [4.69, 9.17) is 9.47 Å². The summed E-state index contributed by atoms with van der Waals surface area (Å²) in [5.74, 6) is -0.834. The minimum atomic E-state index is -0.802. The molecule has 6 heteroatoms. The molecule has 6 nitrogen and oxygen atoms in total. The number of rotatable bonds is 10. The SMILES string of the molecule is C=C(C)C(=O)OCC(O)CNCCOC(=O)C(C)CC. The number of ether oxygens (including phenoxy) is 2. The van der Waals surface area contributed by atoms with Gasteiger partial charge in [-0.15, -0.1) is 0 Å². The molecule has 0 rings (SSSR count). The Bertz CT molecular complexity index is 330. The van der Waals surface area contributed by atoms with E-state index in [1.54, 1.807) is 6.92 Å². The number of aliphatic hydroxyl groups excluding tert-OH is 1. The standard InChI is InChI=1S/C14H25NO5/c1-5-11(4)14(18)19-7-6-15-8-12(16)9-20-13(17)10(2)3/h11-12,15-16H,2,5-9H2,1,3-4H3. The molecule has 2 unspecified atom stereocenters. The van der Waals surface area contributed by atoms with Crippen LogP contribution in [-0.4, -0.2) is 49.5 Å². The molecular weight excluding hydrogens is 262 g/mol. The van der Waals surface area contributed by atoms with Crippen molar-refractivity contribution in [3.05, 3.63) is 12.2 Å². The molecule has 0 radical (unpaired) electrons. The number of nitrogens with one attached hydrogen (secondary N) is 1. The van der Waals surface area contributed by atoms with Crippen molar-refractivity contribution in [3.63, 3.8) is 0 Å². The van der Waals surface area contributed by atoms with Crippen LogP contribution in [0.5, 0.6) is 0 Å². The molecule has 0 aromatic rings. The number of hydrogen-bond acceptors (Lipinski definition) is 6. The van der Waals surface area contributed by atoms with Gasteiger partial charge in [0.1, 0.15) is 19.3 Å². The van der Waals surface area contributed by atoms with Gasteiger partial charge in [0.25, 0.3) is 0 Å². The summed E-state index contributed by atoms with van der Waals surface area (Å²) in [6.45, 7) is 9.57. The molecule has 20 heavy (non-hydrogen) atoms. The highest BCUT2D eigenvalue weighted by molar-refractivity contribution is 5.86. The molecule has 0 saturated heterocycles. The van der Waals surface area contributed by atoms with Crippen molar-refractivity contribution in [2.75, 3.05) is 26.3 Å². The average molecular weight is 287 g/mol. The number of hydrogen-bond donors (Lipinski definition) is 2. The van der Waals surface area contributed by atoms with Crippen LogP contribution in [0.25, 0.3) is 0 Å². The normalized spacial score (nSPS) is 13.4. The maximum Gasteiger partial charge on any atom is 0.333 e. The number of carbonyl (C=O) groups is 2. The highest BCUT2D eigenvalue weighted by Crippen LogP contribution is 2.02. The first-order valence-corrected chi connectivity index (χ1v) is 6.76. The zero-order valence-corrected chi connectivity index (χ0v) is 12.5. The lowest BCUT2D eigenvalue weighted by Gasteiger charge is -2.13. The summed E-state index contributed by atoms with van der Waals surface area (Å²) in [6.07, 6.45) is -0.0532. The first-order chi connectivity index (χ1) is 9.38. The lowest BCUT2D eigenvalue weighted by molar-refractivity contribution is -0.148. The predicted octanol–water partition coefficient (Wildman–Crippen LogP) is 0.645. The van der Waals surface area contributed by atoms with E-state index >= 15 is 0 Å². The summed E-state index contributed by atoms with van der Waals surface area (Å²) >= 11 is 0. The third kappa shape index (κ3) is 8.66. The fraction of sp³-hybridized carbons (Fsp3) is 0.714. The average Bonchev–Trinajstić information content (AvgIpc) is 2.42. The van der Waals surface area contributed by atoms with Gasteiger partial charge < -0.3 is 19.9 Å². The Labute approximate surface area is 120 Å². The number of esters is 2. The highest BCUT2D eigenvalue weighted by Gasteiger charge is 2.12. The van der Waals surface area contributed by atoms with Gasteiger partial charge in [-0.2, -0.15) is 0 Å². The van der Waals surface area contributed by atoms with E-state index in [9.17, 15) is 14.7 Å². The molecule has 0 aliphatic rings. The van der Waals surface area contributed by atoms with Crippen LogP contribution in [0.2, 0.25) is 0 Å². The van der Waals surface area contributed by atoms with Crippen molar-refractivity contribution in [3.8, 4) is 0 Å². The molecule has 0 bridgehead atoms. The van der Waals surface area contributed by atoms with Gasteiger partial charge in [0.2, 0.25) is 0 Å². The Kier molecular flexibility index (Phi) is 9.67. The molecule has 0 aromatic carbocycles. The van der Waals surface area contributed by atoms with E-state index < -0.39 is 12.1 Å². The first-order valence-electron chi connectivity index (χ1n) is 6.76. The Morgan fingerprint density at radius 3 is 2.55 bits per heavy atom.